The van der Waals surface area contributed by atoms with Crippen LogP contribution in [0.3, 0.4) is 0 Å². The molecular weight excluding hydrogens is 290 g/mol. The van der Waals surface area contributed by atoms with E-state index in [0.29, 0.717) is 12.3 Å². The van der Waals surface area contributed by atoms with Gasteiger partial charge in [0.1, 0.15) is 22.2 Å². The van der Waals surface area contributed by atoms with Gasteiger partial charge in [-0.05, 0) is 19.8 Å². The SMILES string of the molecule is COCc1nc(C(=O)N2CCC[C@@H]2c2cc(C)on2)cs1. The highest BCUT2D eigenvalue weighted by Gasteiger charge is 2.33. The van der Waals surface area contributed by atoms with Gasteiger partial charge in [-0.2, -0.15) is 0 Å². The molecule has 1 fully saturated rings. The van der Waals surface area contributed by atoms with Crippen LogP contribution in [0.1, 0.15) is 45.8 Å². The van der Waals surface area contributed by atoms with E-state index in [0.717, 1.165) is 35.8 Å². The van der Waals surface area contributed by atoms with Crippen LogP contribution in [0.5, 0.6) is 0 Å². The fourth-order valence-electron chi connectivity index (χ4n) is 2.61. The van der Waals surface area contributed by atoms with E-state index in [-0.39, 0.29) is 11.9 Å². The molecule has 7 heteroatoms. The summed E-state index contributed by atoms with van der Waals surface area (Å²) in [6, 6.07) is 1.88. The largest absolute Gasteiger partial charge is 0.378 e. The molecule has 0 N–H and O–H groups in total. The van der Waals surface area contributed by atoms with E-state index in [1.165, 1.54) is 11.3 Å². The Kier molecular flexibility index (Phi) is 4.03. The van der Waals surface area contributed by atoms with Crippen molar-refractivity contribution in [3.8, 4) is 0 Å². The van der Waals surface area contributed by atoms with Gasteiger partial charge in [0.05, 0.1) is 12.6 Å². The zero-order valence-electron chi connectivity index (χ0n) is 12.0. The summed E-state index contributed by atoms with van der Waals surface area (Å²) in [5, 5.41) is 6.66. The Morgan fingerprint density at radius 3 is 3.19 bits per heavy atom. The van der Waals surface area contributed by atoms with Crippen LogP contribution in [0.2, 0.25) is 0 Å². The van der Waals surface area contributed by atoms with E-state index < -0.39 is 0 Å². The van der Waals surface area contributed by atoms with Crippen molar-refractivity contribution >= 4 is 17.2 Å². The molecular formula is C14H17N3O3S. The van der Waals surface area contributed by atoms with Crippen LogP contribution in [-0.2, 0) is 11.3 Å². The number of thiazole rings is 1. The minimum absolute atomic E-state index is 0.0116. The molecule has 3 heterocycles. The van der Waals surface area contributed by atoms with E-state index in [9.17, 15) is 4.79 Å². The van der Waals surface area contributed by atoms with Crippen molar-refractivity contribution in [3.63, 3.8) is 0 Å². The summed E-state index contributed by atoms with van der Waals surface area (Å²) in [7, 11) is 1.62. The first-order chi connectivity index (χ1) is 10.2. The van der Waals surface area contributed by atoms with Gasteiger partial charge in [-0.15, -0.1) is 11.3 Å². The third-order valence-corrected chi connectivity index (χ3v) is 4.36. The molecule has 0 saturated carbocycles. The van der Waals surface area contributed by atoms with Crippen LogP contribution in [0.15, 0.2) is 16.0 Å². The van der Waals surface area contributed by atoms with Gasteiger partial charge >= 0.3 is 0 Å². The summed E-state index contributed by atoms with van der Waals surface area (Å²) in [5.74, 6) is 0.720. The monoisotopic (exact) mass is 307 g/mol. The molecule has 21 heavy (non-hydrogen) atoms. The number of carbonyl (C=O) groups excluding carboxylic acids is 1. The number of aromatic nitrogens is 2. The van der Waals surface area contributed by atoms with Crippen molar-refractivity contribution in [3.05, 3.63) is 33.6 Å². The molecule has 0 aromatic carbocycles. The number of hydrogen-bond acceptors (Lipinski definition) is 6. The maximum Gasteiger partial charge on any atom is 0.273 e. The fourth-order valence-corrected chi connectivity index (χ4v) is 3.34. The molecule has 1 aliphatic rings. The minimum atomic E-state index is -0.0447. The predicted octanol–water partition coefficient (Wildman–Crippen LogP) is 2.56. The van der Waals surface area contributed by atoms with Gasteiger partial charge in [0, 0.05) is 25.1 Å². The van der Waals surface area contributed by atoms with E-state index in [1.54, 1.807) is 12.5 Å². The summed E-state index contributed by atoms with van der Waals surface area (Å²) < 4.78 is 10.2. The van der Waals surface area contributed by atoms with Gasteiger partial charge in [0.2, 0.25) is 0 Å². The maximum atomic E-state index is 12.6. The lowest BCUT2D eigenvalue weighted by atomic mass is 10.1. The van der Waals surface area contributed by atoms with Crippen LogP contribution in [0, 0.1) is 6.92 Å². The Morgan fingerprint density at radius 1 is 1.62 bits per heavy atom. The molecule has 1 amide bonds. The average molecular weight is 307 g/mol. The molecule has 0 unspecified atom stereocenters. The molecule has 6 nitrogen and oxygen atoms in total. The van der Waals surface area contributed by atoms with Crippen LogP contribution < -0.4 is 0 Å². The minimum Gasteiger partial charge on any atom is -0.378 e. The standard InChI is InChI=1S/C14H17N3O3S/c1-9-6-10(16-20-9)12-4-3-5-17(12)14(18)11-8-21-13(15-11)7-19-2/h6,8,12H,3-5,7H2,1-2H3/t12-/m1/s1. The smallest absolute Gasteiger partial charge is 0.273 e. The highest BCUT2D eigenvalue weighted by Crippen LogP contribution is 2.32. The van der Waals surface area contributed by atoms with Gasteiger partial charge in [0.15, 0.2) is 0 Å². The Morgan fingerprint density at radius 2 is 2.48 bits per heavy atom. The normalized spacial score (nSPS) is 18.4. The number of carbonyl (C=O) groups is 1. The van der Waals surface area contributed by atoms with Crippen molar-refractivity contribution in [1.82, 2.24) is 15.0 Å². The number of likely N-dealkylation sites (tertiary alicyclic amines) is 1. The third kappa shape index (κ3) is 2.84. The molecule has 3 rings (SSSR count). The van der Waals surface area contributed by atoms with Crippen LogP contribution in [0.25, 0.3) is 0 Å². The van der Waals surface area contributed by atoms with E-state index in [4.69, 9.17) is 9.26 Å². The number of hydrogen-bond donors (Lipinski definition) is 0. The molecule has 1 atom stereocenters. The van der Waals surface area contributed by atoms with Crippen LogP contribution in [0.4, 0.5) is 0 Å². The zero-order valence-corrected chi connectivity index (χ0v) is 12.9. The molecule has 2 aromatic heterocycles. The highest BCUT2D eigenvalue weighted by atomic mass is 32.1. The molecule has 0 bridgehead atoms. The molecule has 1 saturated heterocycles. The maximum absolute atomic E-state index is 12.6. The number of nitrogens with zero attached hydrogens (tertiary/aromatic N) is 3. The number of aryl methyl sites for hydroxylation is 1. The first-order valence-electron chi connectivity index (χ1n) is 6.86. The first-order valence-corrected chi connectivity index (χ1v) is 7.74. The van der Waals surface area contributed by atoms with Crippen LogP contribution >= 0.6 is 11.3 Å². The fraction of sp³-hybridized carbons (Fsp3) is 0.500. The lowest BCUT2D eigenvalue weighted by molar-refractivity contribution is 0.0725. The summed E-state index contributed by atoms with van der Waals surface area (Å²) in [4.78, 5) is 18.8. The highest BCUT2D eigenvalue weighted by molar-refractivity contribution is 7.09. The van der Waals surface area contributed by atoms with Crippen molar-refractivity contribution in [2.45, 2.75) is 32.4 Å². The number of amides is 1. The third-order valence-electron chi connectivity index (χ3n) is 3.54. The van der Waals surface area contributed by atoms with Gasteiger partial charge in [0.25, 0.3) is 5.91 Å². The summed E-state index contributed by atoms with van der Waals surface area (Å²) >= 11 is 1.44. The Bertz CT molecular complexity index is 637. The molecule has 1 aliphatic heterocycles. The van der Waals surface area contributed by atoms with Gasteiger partial charge in [-0.1, -0.05) is 5.16 Å². The van der Waals surface area contributed by atoms with Crippen LogP contribution in [-0.4, -0.2) is 34.6 Å². The second kappa shape index (κ2) is 5.95. The number of methoxy groups -OCH3 is 1. The second-order valence-corrected chi connectivity index (χ2v) is 6.02. The predicted molar refractivity (Wildman–Crippen MR) is 77.1 cm³/mol. The summed E-state index contributed by atoms with van der Waals surface area (Å²) in [6.07, 6.45) is 1.88. The molecule has 2 aromatic rings. The zero-order chi connectivity index (χ0) is 14.8. The Hall–Kier alpha value is -1.73. The molecule has 0 spiro atoms. The molecule has 0 radical (unpaired) electrons. The first kappa shape index (κ1) is 14.2. The lowest BCUT2D eigenvalue weighted by Crippen LogP contribution is -2.31. The number of rotatable bonds is 4. The lowest BCUT2D eigenvalue weighted by Gasteiger charge is -2.21. The van der Waals surface area contributed by atoms with E-state index in [1.807, 2.05) is 17.9 Å². The van der Waals surface area contributed by atoms with Gasteiger partial charge < -0.3 is 14.2 Å². The molecule has 112 valence electrons. The second-order valence-electron chi connectivity index (χ2n) is 5.08. The van der Waals surface area contributed by atoms with Crippen molar-refractivity contribution in [2.24, 2.45) is 0 Å². The van der Waals surface area contributed by atoms with Crippen molar-refractivity contribution in [2.75, 3.05) is 13.7 Å². The summed E-state index contributed by atoms with van der Waals surface area (Å²) in [6.45, 7) is 3.02. The van der Waals surface area contributed by atoms with Gasteiger partial charge in [-0.25, -0.2) is 4.98 Å². The Labute approximate surface area is 126 Å². The van der Waals surface area contributed by atoms with Gasteiger partial charge in [-0.3, -0.25) is 4.79 Å². The van der Waals surface area contributed by atoms with E-state index in [2.05, 4.69) is 10.1 Å². The summed E-state index contributed by atoms with van der Waals surface area (Å²) in [5.41, 5.74) is 1.31. The topological polar surface area (TPSA) is 68.5 Å². The van der Waals surface area contributed by atoms with E-state index >= 15 is 0 Å². The van der Waals surface area contributed by atoms with Crippen molar-refractivity contribution in [1.29, 1.82) is 0 Å². The average Bonchev–Trinajstić information content (AvgIpc) is 3.17. The quantitative estimate of drug-likeness (QED) is 0.868. The number of ether oxygens (including phenoxy) is 1. The Balaban J connectivity index is 1.79. The molecule has 0 aliphatic carbocycles. The van der Waals surface area contributed by atoms with Crippen molar-refractivity contribution < 1.29 is 14.1 Å².